The van der Waals surface area contributed by atoms with Crippen LogP contribution in [0.4, 0.5) is 5.69 Å². The first-order chi connectivity index (χ1) is 15.7. The van der Waals surface area contributed by atoms with Gasteiger partial charge in [0, 0.05) is 42.8 Å². The molecule has 1 aliphatic heterocycles. The molecule has 2 aromatic rings. The smallest absolute Gasteiger partial charge is 0.283 e. The van der Waals surface area contributed by atoms with Crippen LogP contribution >= 0.6 is 23.4 Å². The molecule has 0 spiro atoms. The Morgan fingerprint density at radius 3 is 2.21 bits per heavy atom. The van der Waals surface area contributed by atoms with Crippen LogP contribution in [0.15, 0.2) is 47.4 Å². The second kappa shape index (κ2) is 11.0. The highest BCUT2D eigenvalue weighted by atomic mass is 35.5. The fraction of sp³-hybridized carbons (Fsp3) is 0.286. The first kappa shape index (κ1) is 24.3. The zero-order valence-corrected chi connectivity index (χ0v) is 19.0. The van der Waals surface area contributed by atoms with Gasteiger partial charge in [0.15, 0.2) is 6.61 Å². The molecule has 12 heteroatoms. The van der Waals surface area contributed by atoms with E-state index in [0.717, 1.165) is 17.8 Å². The molecule has 3 amide bonds. The van der Waals surface area contributed by atoms with Gasteiger partial charge in [0.25, 0.3) is 11.6 Å². The minimum atomic E-state index is -0.767. The van der Waals surface area contributed by atoms with Crippen molar-refractivity contribution in [2.45, 2.75) is 4.90 Å². The summed E-state index contributed by atoms with van der Waals surface area (Å²) >= 11 is 6.84. The highest BCUT2D eigenvalue weighted by molar-refractivity contribution is 8.00. The van der Waals surface area contributed by atoms with Crippen LogP contribution in [0.3, 0.4) is 0 Å². The molecule has 10 nitrogen and oxygen atoms in total. The van der Waals surface area contributed by atoms with Gasteiger partial charge >= 0.3 is 0 Å². The minimum absolute atomic E-state index is 0.00954. The molecule has 1 fully saturated rings. The topological polar surface area (TPSA) is 136 Å². The predicted molar refractivity (Wildman–Crippen MR) is 122 cm³/mol. The summed E-state index contributed by atoms with van der Waals surface area (Å²) in [6, 6.07) is 10.6. The van der Waals surface area contributed by atoms with Gasteiger partial charge in [-0.05, 0) is 36.4 Å². The highest BCUT2D eigenvalue weighted by Crippen LogP contribution is 2.30. The van der Waals surface area contributed by atoms with Gasteiger partial charge in [0.1, 0.15) is 5.75 Å². The summed E-state index contributed by atoms with van der Waals surface area (Å²) in [6.45, 7) is 1.33. The molecular weight excluding hydrogens is 472 g/mol. The molecule has 0 bridgehead atoms. The first-order valence-corrected chi connectivity index (χ1v) is 11.3. The Labute approximate surface area is 198 Å². The van der Waals surface area contributed by atoms with Crippen molar-refractivity contribution in [3.05, 3.63) is 63.2 Å². The van der Waals surface area contributed by atoms with E-state index in [4.69, 9.17) is 22.1 Å². The monoisotopic (exact) mass is 492 g/mol. The SMILES string of the molecule is NC(=O)c1ccc(SCC(=O)N2CCN(C(=O)COc3ccc(Cl)cc3)CC2)c([N+](=O)[O-])c1. The third-order valence-corrected chi connectivity index (χ3v) is 6.25. The summed E-state index contributed by atoms with van der Waals surface area (Å²) in [5, 5.41) is 11.9. The van der Waals surface area contributed by atoms with Crippen molar-refractivity contribution >= 4 is 46.8 Å². The van der Waals surface area contributed by atoms with Gasteiger partial charge in [-0.25, -0.2) is 0 Å². The maximum atomic E-state index is 12.6. The second-order valence-electron chi connectivity index (χ2n) is 7.10. The van der Waals surface area contributed by atoms with Crippen molar-refractivity contribution in [1.82, 2.24) is 9.80 Å². The largest absolute Gasteiger partial charge is 0.484 e. The van der Waals surface area contributed by atoms with E-state index in [1.807, 2.05) is 0 Å². The minimum Gasteiger partial charge on any atom is -0.484 e. The lowest BCUT2D eigenvalue weighted by atomic mass is 10.2. The van der Waals surface area contributed by atoms with Crippen molar-refractivity contribution in [1.29, 1.82) is 0 Å². The van der Waals surface area contributed by atoms with Gasteiger partial charge in [0.05, 0.1) is 15.6 Å². The maximum absolute atomic E-state index is 12.6. The second-order valence-corrected chi connectivity index (χ2v) is 8.55. The number of rotatable bonds is 8. The summed E-state index contributed by atoms with van der Waals surface area (Å²) < 4.78 is 5.47. The quantitative estimate of drug-likeness (QED) is 0.339. The van der Waals surface area contributed by atoms with Crippen molar-refractivity contribution in [2.24, 2.45) is 5.73 Å². The normalized spacial score (nSPS) is 13.5. The van der Waals surface area contributed by atoms with Crippen LogP contribution in [0.5, 0.6) is 5.75 Å². The molecule has 1 aliphatic rings. The van der Waals surface area contributed by atoms with Gasteiger partial charge in [-0.2, -0.15) is 0 Å². The average Bonchev–Trinajstić information content (AvgIpc) is 2.81. The van der Waals surface area contributed by atoms with Crippen LogP contribution in [-0.2, 0) is 9.59 Å². The molecule has 0 unspecified atom stereocenters. The zero-order valence-electron chi connectivity index (χ0n) is 17.4. The van der Waals surface area contributed by atoms with Crippen molar-refractivity contribution in [3.8, 4) is 5.75 Å². The summed E-state index contributed by atoms with van der Waals surface area (Å²) in [4.78, 5) is 50.4. The van der Waals surface area contributed by atoms with Crippen LogP contribution in [0, 0.1) is 10.1 Å². The Morgan fingerprint density at radius 2 is 1.64 bits per heavy atom. The molecule has 2 aromatic carbocycles. The van der Waals surface area contributed by atoms with Gasteiger partial charge in [-0.3, -0.25) is 24.5 Å². The standard InChI is InChI=1S/C21H21ClN4O6S/c22-15-2-4-16(5-3-15)32-12-19(27)24-7-9-25(10-8-24)20(28)13-33-18-6-1-14(21(23)29)11-17(18)26(30)31/h1-6,11H,7-10,12-13H2,(H2,23,29). The molecule has 0 saturated carbocycles. The van der Waals surface area contributed by atoms with Crippen molar-refractivity contribution in [2.75, 3.05) is 38.5 Å². The number of nitrogens with two attached hydrogens (primary N) is 1. The number of amides is 3. The Kier molecular flexibility index (Phi) is 8.12. The van der Waals surface area contributed by atoms with Crippen LogP contribution < -0.4 is 10.5 Å². The fourth-order valence-corrected chi connectivity index (χ4v) is 4.17. The number of hydrogen-bond acceptors (Lipinski definition) is 7. The molecular formula is C21H21ClN4O6S. The number of primary amides is 1. The third kappa shape index (κ3) is 6.59. The van der Waals surface area contributed by atoms with E-state index in [9.17, 15) is 24.5 Å². The summed E-state index contributed by atoms with van der Waals surface area (Å²) in [7, 11) is 0. The Balaban J connectivity index is 1.47. The van der Waals surface area contributed by atoms with E-state index in [-0.39, 0.29) is 40.3 Å². The number of ether oxygens (including phenoxy) is 1. The summed E-state index contributed by atoms with van der Waals surface area (Å²) in [5.74, 6) is -0.618. The zero-order chi connectivity index (χ0) is 24.0. The van der Waals surface area contributed by atoms with Gasteiger partial charge in [0.2, 0.25) is 11.8 Å². The van der Waals surface area contributed by atoms with Crippen LogP contribution in [-0.4, -0.2) is 71.0 Å². The van der Waals surface area contributed by atoms with Crippen molar-refractivity contribution in [3.63, 3.8) is 0 Å². The Morgan fingerprint density at radius 1 is 1.03 bits per heavy atom. The molecule has 0 aliphatic carbocycles. The first-order valence-electron chi connectivity index (χ1n) is 9.89. The lowest BCUT2D eigenvalue weighted by Crippen LogP contribution is -2.52. The number of thioether (sulfide) groups is 1. The number of nitro benzene ring substituents is 1. The molecule has 0 atom stereocenters. The van der Waals surface area contributed by atoms with E-state index in [1.54, 1.807) is 34.1 Å². The lowest BCUT2D eigenvalue weighted by Gasteiger charge is -2.34. The Bertz CT molecular complexity index is 1060. The number of nitrogens with zero attached hydrogens (tertiary/aromatic N) is 3. The van der Waals surface area contributed by atoms with Crippen LogP contribution in [0.2, 0.25) is 5.02 Å². The molecule has 2 N–H and O–H groups in total. The lowest BCUT2D eigenvalue weighted by molar-refractivity contribution is -0.387. The van der Waals surface area contributed by atoms with Crippen molar-refractivity contribution < 1.29 is 24.0 Å². The number of halogens is 1. The number of benzene rings is 2. The van der Waals surface area contributed by atoms with Gasteiger partial charge in [-0.1, -0.05) is 11.6 Å². The molecule has 0 aromatic heterocycles. The predicted octanol–water partition coefficient (Wildman–Crippen LogP) is 2.19. The number of piperazine rings is 1. The molecule has 3 rings (SSSR count). The van der Waals surface area contributed by atoms with E-state index in [0.29, 0.717) is 37.0 Å². The van der Waals surface area contributed by atoms with E-state index in [1.165, 1.54) is 12.1 Å². The van der Waals surface area contributed by atoms with E-state index < -0.39 is 10.8 Å². The number of hydrogen-bond donors (Lipinski definition) is 1. The van der Waals surface area contributed by atoms with Gasteiger partial charge < -0.3 is 20.3 Å². The Hall–Kier alpha value is -3.31. The summed E-state index contributed by atoms with van der Waals surface area (Å²) in [6.07, 6.45) is 0. The van der Waals surface area contributed by atoms with Crippen LogP contribution in [0.1, 0.15) is 10.4 Å². The molecule has 174 valence electrons. The van der Waals surface area contributed by atoms with E-state index in [2.05, 4.69) is 0 Å². The fourth-order valence-electron chi connectivity index (χ4n) is 3.14. The average molecular weight is 493 g/mol. The number of carbonyl (C=O) groups excluding carboxylic acids is 3. The highest BCUT2D eigenvalue weighted by Gasteiger charge is 2.25. The molecule has 1 heterocycles. The van der Waals surface area contributed by atoms with Gasteiger partial charge in [-0.15, -0.1) is 11.8 Å². The molecule has 0 radical (unpaired) electrons. The number of carbonyl (C=O) groups is 3. The van der Waals surface area contributed by atoms with Crippen LogP contribution in [0.25, 0.3) is 0 Å². The third-order valence-electron chi connectivity index (χ3n) is 4.95. The molecule has 1 saturated heterocycles. The molecule has 33 heavy (non-hydrogen) atoms. The van der Waals surface area contributed by atoms with E-state index >= 15 is 0 Å². The summed E-state index contributed by atoms with van der Waals surface area (Å²) in [5.41, 5.74) is 4.92. The maximum Gasteiger partial charge on any atom is 0.283 e. The number of nitro groups is 1.